The monoisotopic (exact) mass is 541 g/mol. The molecule has 0 aliphatic heterocycles. The first-order valence-corrected chi connectivity index (χ1v) is 14.1. The number of aromatic nitrogens is 2. The Labute approximate surface area is 235 Å². The van der Waals surface area contributed by atoms with E-state index in [1.807, 2.05) is 60.7 Å². The first kappa shape index (κ1) is 28.0. The molecule has 0 aliphatic carbocycles. The summed E-state index contributed by atoms with van der Waals surface area (Å²) < 4.78 is 12.9. The minimum absolute atomic E-state index is 0.0560. The average molecular weight is 542 g/mol. The summed E-state index contributed by atoms with van der Waals surface area (Å²) >= 11 is 1.68. The maximum absolute atomic E-state index is 12.5. The standard InChI is InChI=1S/C32H35N3O3S/c1-4-21-35-31(26-14-9-6-10-15-26)30(25-12-7-5-8-13-25)34-32(35)39-22-11-16-29(36)33-20-19-24-17-18-27(37-2)28(23-24)38-3/h4-10,12-15,17-18,23H,1,11,16,19-22H2,2-3H3,(H,33,36). The molecule has 4 aromatic rings. The second-order valence-electron chi connectivity index (χ2n) is 8.96. The van der Waals surface area contributed by atoms with Crippen molar-refractivity contribution >= 4 is 17.7 Å². The molecule has 6 nitrogen and oxygen atoms in total. The lowest BCUT2D eigenvalue weighted by Crippen LogP contribution is -2.25. The van der Waals surface area contributed by atoms with E-state index in [-0.39, 0.29) is 5.91 Å². The fourth-order valence-corrected chi connectivity index (χ4v) is 5.34. The van der Waals surface area contributed by atoms with Crippen LogP contribution in [0.4, 0.5) is 0 Å². The Hall–Kier alpha value is -3.97. The molecule has 0 bridgehead atoms. The summed E-state index contributed by atoms with van der Waals surface area (Å²) in [5, 5.41) is 3.96. The Morgan fingerprint density at radius 2 is 1.67 bits per heavy atom. The van der Waals surface area contributed by atoms with Crippen molar-refractivity contribution in [3.05, 3.63) is 97.1 Å². The third-order valence-corrected chi connectivity index (χ3v) is 7.36. The smallest absolute Gasteiger partial charge is 0.220 e. The number of carbonyl (C=O) groups excluding carboxylic acids is 1. The number of amides is 1. The molecule has 0 radical (unpaired) electrons. The fraction of sp³-hybridized carbons (Fsp3) is 0.250. The maximum Gasteiger partial charge on any atom is 0.220 e. The molecule has 39 heavy (non-hydrogen) atoms. The molecule has 202 valence electrons. The molecule has 1 N–H and O–H groups in total. The molecule has 0 saturated carbocycles. The number of nitrogens with one attached hydrogen (secondary N) is 1. The zero-order valence-electron chi connectivity index (χ0n) is 22.6. The minimum Gasteiger partial charge on any atom is -0.493 e. The van der Waals surface area contributed by atoms with Crippen molar-refractivity contribution in [3.63, 3.8) is 0 Å². The highest BCUT2D eigenvalue weighted by molar-refractivity contribution is 7.99. The first-order valence-electron chi connectivity index (χ1n) is 13.1. The predicted octanol–water partition coefficient (Wildman–Crippen LogP) is 6.65. The molecule has 0 unspecified atom stereocenters. The predicted molar refractivity (Wildman–Crippen MR) is 160 cm³/mol. The van der Waals surface area contributed by atoms with Gasteiger partial charge in [-0.2, -0.15) is 0 Å². The highest BCUT2D eigenvalue weighted by Gasteiger charge is 2.19. The summed E-state index contributed by atoms with van der Waals surface area (Å²) in [6, 6.07) is 26.4. The van der Waals surface area contributed by atoms with Crippen LogP contribution in [0.25, 0.3) is 22.5 Å². The number of methoxy groups -OCH3 is 2. The molecule has 0 atom stereocenters. The summed E-state index contributed by atoms with van der Waals surface area (Å²) in [5.41, 5.74) is 5.32. The summed E-state index contributed by atoms with van der Waals surface area (Å²) in [4.78, 5) is 17.5. The van der Waals surface area contributed by atoms with Crippen molar-refractivity contribution in [2.45, 2.75) is 31.0 Å². The van der Waals surface area contributed by atoms with Crippen LogP contribution in [0, 0.1) is 0 Å². The van der Waals surface area contributed by atoms with Crippen LogP contribution in [0.5, 0.6) is 11.5 Å². The van der Waals surface area contributed by atoms with Crippen LogP contribution in [-0.4, -0.2) is 42.0 Å². The van der Waals surface area contributed by atoms with E-state index < -0.39 is 0 Å². The maximum atomic E-state index is 12.5. The highest BCUT2D eigenvalue weighted by atomic mass is 32.2. The largest absolute Gasteiger partial charge is 0.493 e. The molecule has 0 fully saturated rings. The van der Waals surface area contributed by atoms with Crippen LogP contribution in [0.15, 0.2) is 96.7 Å². The zero-order chi connectivity index (χ0) is 27.5. The van der Waals surface area contributed by atoms with E-state index in [0.717, 1.165) is 51.8 Å². The molecular weight excluding hydrogens is 506 g/mol. The summed E-state index contributed by atoms with van der Waals surface area (Å²) in [7, 11) is 3.24. The van der Waals surface area contributed by atoms with Gasteiger partial charge in [-0.1, -0.05) is 84.6 Å². The van der Waals surface area contributed by atoms with Crippen LogP contribution in [0.2, 0.25) is 0 Å². The lowest BCUT2D eigenvalue weighted by molar-refractivity contribution is -0.121. The highest BCUT2D eigenvalue weighted by Crippen LogP contribution is 2.36. The number of thioether (sulfide) groups is 1. The summed E-state index contributed by atoms with van der Waals surface area (Å²) in [6.07, 6.45) is 3.86. The Kier molecular flexibility index (Phi) is 10.3. The topological polar surface area (TPSA) is 65.4 Å². The van der Waals surface area contributed by atoms with Crippen LogP contribution >= 0.6 is 11.8 Å². The summed E-state index contributed by atoms with van der Waals surface area (Å²) in [5.74, 6) is 2.24. The van der Waals surface area contributed by atoms with Gasteiger partial charge in [0.15, 0.2) is 16.7 Å². The Balaban J connectivity index is 1.36. The number of carbonyl (C=O) groups is 1. The van der Waals surface area contributed by atoms with E-state index in [4.69, 9.17) is 14.5 Å². The minimum atomic E-state index is 0.0560. The molecule has 4 rings (SSSR count). The zero-order valence-corrected chi connectivity index (χ0v) is 23.4. The Bertz CT molecular complexity index is 1370. The number of hydrogen-bond donors (Lipinski definition) is 1. The molecule has 0 aliphatic rings. The second kappa shape index (κ2) is 14.3. The normalized spacial score (nSPS) is 10.7. The van der Waals surface area contributed by atoms with Crippen molar-refractivity contribution in [2.24, 2.45) is 0 Å². The molecule has 1 heterocycles. The molecule has 0 saturated heterocycles. The van der Waals surface area contributed by atoms with E-state index in [9.17, 15) is 4.79 Å². The number of nitrogens with zero attached hydrogens (tertiary/aromatic N) is 2. The molecule has 1 amide bonds. The lowest BCUT2D eigenvalue weighted by atomic mass is 10.0. The number of allylic oxidation sites excluding steroid dienone is 1. The van der Waals surface area contributed by atoms with Gasteiger partial charge in [0.2, 0.25) is 5.91 Å². The SMILES string of the molecule is C=CCn1c(SCCCC(=O)NCCc2ccc(OC)c(OC)c2)nc(-c2ccccc2)c1-c1ccccc1. The van der Waals surface area contributed by atoms with Gasteiger partial charge in [-0.15, -0.1) is 6.58 Å². The number of ether oxygens (including phenoxy) is 2. The van der Waals surface area contributed by atoms with Gasteiger partial charge in [-0.3, -0.25) is 4.79 Å². The average Bonchev–Trinajstić information content (AvgIpc) is 3.34. The third-order valence-electron chi connectivity index (χ3n) is 6.30. The van der Waals surface area contributed by atoms with Gasteiger partial charge >= 0.3 is 0 Å². The van der Waals surface area contributed by atoms with Gasteiger partial charge in [0.25, 0.3) is 0 Å². The number of hydrogen-bond acceptors (Lipinski definition) is 5. The van der Waals surface area contributed by atoms with Crippen molar-refractivity contribution in [1.29, 1.82) is 0 Å². The number of imidazole rings is 1. The van der Waals surface area contributed by atoms with E-state index in [1.165, 1.54) is 0 Å². The van der Waals surface area contributed by atoms with Crippen LogP contribution in [-0.2, 0) is 17.8 Å². The van der Waals surface area contributed by atoms with Crippen molar-refractivity contribution in [3.8, 4) is 34.0 Å². The van der Waals surface area contributed by atoms with Crippen LogP contribution < -0.4 is 14.8 Å². The number of benzene rings is 3. The van der Waals surface area contributed by atoms with E-state index >= 15 is 0 Å². The molecular formula is C32H35N3O3S. The van der Waals surface area contributed by atoms with Crippen LogP contribution in [0.3, 0.4) is 0 Å². The van der Waals surface area contributed by atoms with Gasteiger partial charge in [-0.25, -0.2) is 4.98 Å². The van der Waals surface area contributed by atoms with Crippen molar-refractivity contribution < 1.29 is 14.3 Å². The summed E-state index contributed by atoms with van der Waals surface area (Å²) in [6.45, 7) is 5.21. The van der Waals surface area contributed by atoms with Gasteiger partial charge in [0.05, 0.1) is 25.6 Å². The van der Waals surface area contributed by atoms with E-state index in [0.29, 0.717) is 31.0 Å². The number of rotatable bonds is 14. The fourth-order valence-electron chi connectivity index (χ4n) is 4.39. The lowest BCUT2D eigenvalue weighted by Gasteiger charge is -2.11. The van der Waals surface area contributed by atoms with Gasteiger partial charge in [0, 0.05) is 36.4 Å². The third kappa shape index (κ3) is 7.33. The molecule has 7 heteroatoms. The van der Waals surface area contributed by atoms with Gasteiger partial charge in [0.1, 0.15) is 0 Å². The van der Waals surface area contributed by atoms with Gasteiger partial charge in [-0.05, 0) is 30.5 Å². The second-order valence-corrected chi connectivity index (χ2v) is 10.0. The van der Waals surface area contributed by atoms with E-state index in [2.05, 4.69) is 40.7 Å². The quantitative estimate of drug-likeness (QED) is 0.110. The molecule has 0 spiro atoms. The van der Waals surface area contributed by atoms with Crippen LogP contribution in [0.1, 0.15) is 18.4 Å². The van der Waals surface area contributed by atoms with Gasteiger partial charge < -0.3 is 19.4 Å². The Morgan fingerprint density at radius 3 is 2.33 bits per heavy atom. The van der Waals surface area contributed by atoms with Crippen molar-refractivity contribution in [2.75, 3.05) is 26.5 Å². The van der Waals surface area contributed by atoms with Crippen molar-refractivity contribution in [1.82, 2.24) is 14.9 Å². The first-order chi connectivity index (χ1) is 19.1. The molecule has 1 aromatic heterocycles. The molecule has 3 aromatic carbocycles. The van der Waals surface area contributed by atoms with E-state index in [1.54, 1.807) is 26.0 Å². The Morgan fingerprint density at radius 1 is 0.974 bits per heavy atom.